The normalized spacial score (nSPS) is 12.0. The summed E-state index contributed by atoms with van der Waals surface area (Å²) in [6.45, 7) is 0. The molecule has 0 atom stereocenters. The summed E-state index contributed by atoms with van der Waals surface area (Å²) < 4.78 is 31.4. The van der Waals surface area contributed by atoms with Crippen LogP contribution in [-0.2, 0) is 3.07 Å². The smallest absolute Gasteiger partial charge is 0.256 e. The Balaban J connectivity index is 3.17. The van der Waals surface area contributed by atoms with Crippen LogP contribution in [0.15, 0.2) is 0 Å². The molecule has 0 radical (unpaired) electrons. The maximum Gasteiger partial charge on any atom is 0.372 e. The Kier molecular flexibility index (Phi) is 2.22. The summed E-state index contributed by atoms with van der Waals surface area (Å²) in [6, 6.07) is 0. The molecular weight excluding hydrogens is 203 g/mol. The highest BCUT2D eigenvalue weighted by Crippen LogP contribution is 1.08. The summed E-state index contributed by atoms with van der Waals surface area (Å²) in [6.07, 6.45) is 0. The van der Waals surface area contributed by atoms with E-state index in [4.69, 9.17) is 0 Å². The Morgan fingerprint density at radius 3 is 1.50 bits per heavy atom. The second-order valence-corrected chi connectivity index (χ2v) is 3.57. The molecule has 0 aromatic rings. The zero-order chi connectivity index (χ0) is 5.21. The molecule has 0 saturated carbocycles. The molecule has 0 fully saturated rings. The minimum absolute atomic E-state index is 0.851. The van der Waals surface area contributed by atoms with E-state index in [1.54, 1.807) is 0 Å². The van der Waals surface area contributed by atoms with Gasteiger partial charge in [0, 0.05) is 3.07 Å². The van der Waals surface area contributed by atoms with Crippen molar-refractivity contribution in [3.8, 4) is 0 Å². The van der Waals surface area contributed by atoms with Crippen molar-refractivity contribution >= 4 is 0 Å². The Morgan fingerprint density at radius 1 is 1.33 bits per heavy atom. The summed E-state index contributed by atoms with van der Waals surface area (Å²) in [7, 11) is 0.851. The second kappa shape index (κ2) is 2.03. The molecule has 0 amide bonds. The average molecular weight is 206 g/mol. The molecule has 0 aliphatic heterocycles. The van der Waals surface area contributed by atoms with Crippen LogP contribution in [0.3, 0.4) is 0 Å². The first-order valence-electron chi connectivity index (χ1n) is 1.03. The minimum atomic E-state index is -5.23. The van der Waals surface area contributed by atoms with Crippen molar-refractivity contribution in [3.63, 3.8) is 0 Å². The Hall–Kier alpha value is 0.570. The van der Waals surface area contributed by atoms with Gasteiger partial charge in [-0.05, 0) is 0 Å². The van der Waals surface area contributed by atoms with Gasteiger partial charge in [0.25, 0.3) is 0 Å². The molecule has 0 aliphatic carbocycles. The summed E-state index contributed by atoms with van der Waals surface area (Å²) in [4.78, 5) is 0. The highest BCUT2D eigenvalue weighted by molar-refractivity contribution is 3.31. The van der Waals surface area contributed by atoms with Gasteiger partial charge in [-0.2, -0.15) is 0 Å². The van der Waals surface area contributed by atoms with Gasteiger partial charge in [0.2, 0.25) is 0 Å². The van der Waals surface area contributed by atoms with Gasteiger partial charge in [-0.1, -0.05) is 0 Å². The van der Waals surface area contributed by atoms with Crippen LogP contribution in [0, 0.1) is 0 Å². The minimum Gasteiger partial charge on any atom is -0.256 e. The third-order valence-electron chi connectivity index (χ3n) is 0.189. The van der Waals surface area contributed by atoms with Gasteiger partial charge in [0.15, 0.2) is 7.11 Å². The number of hydrogen-bond donors (Lipinski definition) is 0. The molecule has 0 saturated heterocycles. The molecule has 0 aromatic carbocycles. The molecule has 0 spiro atoms. The maximum atomic E-state index is 9.32. The molecule has 38 valence electrons. The quantitative estimate of drug-likeness (QED) is 0.399. The number of halogens is 1. The van der Waals surface area contributed by atoms with Crippen molar-refractivity contribution in [3.05, 3.63) is 0 Å². The highest BCUT2D eigenvalue weighted by Gasteiger charge is 2.20. The van der Waals surface area contributed by atoms with E-state index in [2.05, 4.69) is 3.07 Å². The van der Waals surface area contributed by atoms with E-state index < -0.39 is 20.1 Å². The zero-order valence-electron chi connectivity index (χ0n) is 3.01. The molecular formula is CH3IO4. The molecule has 0 heterocycles. The molecule has 5 heteroatoms. The van der Waals surface area contributed by atoms with Crippen molar-refractivity contribution in [1.82, 2.24) is 0 Å². The highest BCUT2D eigenvalue weighted by atomic mass is 127. The summed E-state index contributed by atoms with van der Waals surface area (Å²) in [5.41, 5.74) is 0. The summed E-state index contributed by atoms with van der Waals surface area (Å²) in [5.74, 6) is 0. The lowest BCUT2D eigenvalue weighted by molar-refractivity contribution is -1.92. The van der Waals surface area contributed by atoms with E-state index in [0.717, 1.165) is 7.11 Å². The molecule has 0 bridgehead atoms. The van der Waals surface area contributed by atoms with Crippen molar-refractivity contribution in [2.24, 2.45) is 0 Å². The standard InChI is InChI=1S/CH3IO4/c1-6-2(3,4)5/h1H3. The van der Waals surface area contributed by atoms with E-state index in [1.807, 2.05) is 0 Å². The fraction of sp³-hybridized carbons (Fsp3) is 1.00. The van der Waals surface area contributed by atoms with Gasteiger partial charge in [-0.15, -0.1) is 0 Å². The maximum absolute atomic E-state index is 9.32. The second-order valence-electron chi connectivity index (χ2n) is 0.532. The fourth-order valence-corrected chi connectivity index (χ4v) is 0. The predicted molar refractivity (Wildman–Crippen MR) is 7.01 cm³/mol. The van der Waals surface area contributed by atoms with Crippen LogP contribution in [-0.4, -0.2) is 7.11 Å². The van der Waals surface area contributed by atoms with E-state index in [-0.39, 0.29) is 0 Å². The van der Waals surface area contributed by atoms with Crippen LogP contribution < -0.4 is 30.4 Å². The molecule has 6 heavy (non-hydrogen) atoms. The molecule has 0 aliphatic rings. The fourth-order valence-electron chi connectivity index (χ4n) is 0. The molecule has 0 aromatic heterocycles. The van der Waals surface area contributed by atoms with Gasteiger partial charge in [-0.3, -0.25) is 10.3 Å². The van der Waals surface area contributed by atoms with Crippen molar-refractivity contribution in [2.45, 2.75) is 0 Å². The molecule has 4 nitrogen and oxygen atoms in total. The first-order valence-corrected chi connectivity index (χ1v) is 4.55. The van der Waals surface area contributed by atoms with Gasteiger partial charge in [0.05, 0.1) is 0 Å². The lowest BCUT2D eigenvalue weighted by Crippen LogP contribution is -4.23. The third kappa shape index (κ3) is 4.57. The van der Waals surface area contributed by atoms with E-state index in [1.165, 1.54) is 0 Å². The van der Waals surface area contributed by atoms with Crippen LogP contribution in [0.1, 0.15) is 0 Å². The lowest BCUT2D eigenvalue weighted by atomic mass is 11.8. The Bertz CT molecular complexity index is 37.3. The van der Waals surface area contributed by atoms with Crippen molar-refractivity contribution < 1.29 is 33.5 Å². The van der Waals surface area contributed by atoms with Gasteiger partial charge < -0.3 is 0 Å². The summed E-state index contributed by atoms with van der Waals surface area (Å²) in [5, 5.41) is 0. The first-order chi connectivity index (χ1) is 2.56. The van der Waals surface area contributed by atoms with Gasteiger partial charge in [0.1, 0.15) is 0 Å². The Labute approximate surface area is 41.1 Å². The van der Waals surface area contributed by atoms with E-state index in [9.17, 15) is 10.3 Å². The van der Waals surface area contributed by atoms with Gasteiger partial charge in [-0.25, -0.2) is 0 Å². The van der Waals surface area contributed by atoms with Crippen LogP contribution in [0.2, 0.25) is 0 Å². The largest absolute Gasteiger partial charge is 0.372 e. The van der Waals surface area contributed by atoms with Crippen LogP contribution in [0.25, 0.3) is 0 Å². The zero-order valence-corrected chi connectivity index (χ0v) is 5.17. The molecule has 0 N–H and O–H groups in total. The van der Waals surface area contributed by atoms with Crippen LogP contribution in [0.5, 0.6) is 0 Å². The monoisotopic (exact) mass is 206 g/mol. The van der Waals surface area contributed by atoms with Crippen LogP contribution in [0.4, 0.5) is 0 Å². The first kappa shape index (κ1) is 6.57. The average Bonchev–Trinajstić information content (AvgIpc) is 1.35. The van der Waals surface area contributed by atoms with Crippen LogP contribution >= 0.6 is 0 Å². The predicted octanol–water partition coefficient (Wildman–Crippen LogP) is -6.47. The molecule has 0 unspecified atom stereocenters. The van der Waals surface area contributed by atoms with E-state index >= 15 is 0 Å². The van der Waals surface area contributed by atoms with Crippen molar-refractivity contribution in [2.75, 3.05) is 7.11 Å². The molecule has 0 rings (SSSR count). The lowest BCUT2D eigenvalue weighted by Gasteiger charge is -1.99. The SMILES string of the molecule is CO[I+3]([O-])([O-])[O-]. The number of rotatable bonds is 1. The summed E-state index contributed by atoms with van der Waals surface area (Å²) >= 11 is -5.23. The topological polar surface area (TPSA) is 78.4 Å². The van der Waals surface area contributed by atoms with Crippen molar-refractivity contribution in [1.29, 1.82) is 0 Å². The third-order valence-corrected chi connectivity index (χ3v) is 1.27. The van der Waals surface area contributed by atoms with E-state index in [0.29, 0.717) is 0 Å². The van der Waals surface area contributed by atoms with Gasteiger partial charge >= 0.3 is 20.1 Å². The number of hydrogen-bond acceptors (Lipinski definition) is 4. The Morgan fingerprint density at radius 2 is 1.50 bits per heavy atom.